The maximum Gasteiger partial charge on any atom is 0.238 e. The second kappa shape index (κ2) is 17.5. The minimum atomic E-state index is -3.16. The number of aryl methyl sites for hydroxylation is 1. The van der Waals surface area contributed by atoms with Crippen LogP contribution in [0.4, 0.5) is 5.69 Å². The number of pyridine rings is 2. The van der Waals surface area contributed by atoms with E-state index in [2.05, 4.69) is 15.9 Å². The van der Waals surface area contributed by atoms with E-state index in [1.165, 1.54) is 6.26 Å². The molecule has 3 aromatic heterocycles. The Labute approximate surface area is 297 Å². The molecule has 2 aliphatic heterocycles. The summed E-state index contributed by atoms with van der Waals surface area (Å²) in [5, 5.41) is 0.286. The summed E-state index contributed by atoms with van der Waals surface area (Å²) in [4.78, 5) is 44.3. The number of fused-ring (bicyclic) bond motifs is 3. The van der Waals surface area contributed by atoms with Crippen LogP contribution in [0.25, 0.3) is 11.2 Å². The van der Waals surface area contributed by atoms with Crippen LogP contribution in [-0.2, 0) is 56.9 Å². The Balaban J connectivity index is 1.14. The summed E-state index contributed by atoms with van der Waals surface area (Å²) in [6.45, 7) is 4.46. The third-order valence-corrected chi connectivity index (χ3v) is 10.1. The van der Waals surface area contributed by atoms with Crippen molar-refractivity contribution in [3.8, 4) is 12.3 Å². The number of terminal acetylenes is 1. The maximum absolute atomic E-state index is 14.3. The summed E-state index contributed by atoms with van der Waals surface area (Å²) < 4.78 is 47.2. The third kappa shape index (κ3) is 9.36. The molecule has 0 N–H and O–H groups in total. The first-order valence-corrected chi connectivity index (χ1v) is 19.0. The van der Waals surface area contributed by atoms with Crippen LogP contribution in [0.2, 0.25) is 5.15 Å². The van der Waals surface area contributed by atoms with Gasteiger partial charge in [0, 0.05) is 32.1 Å². The predicted octanol–water partition coefficient (Wildman–Crippen LogP) is 2.41. The molecule has 2 amide bonds. The van der Waals surface area contributed by atoms with Gasteiger partial charge >= 0.3 is 0 Å². The molecule has 14 nitrogen and oxygen atoms in total. The highest BCUT2D eigenvalue weighted by Gasteiger charge is 2.52. The molecular formula is C34H43ClN6O8S. The van der Waals surface area contributed by atoms with Crippen molar-refractivity contribution >= 4 is 50.1 Å². The highest BCUT2D eigenvalue weighted by molar-refractivity contribution is 7.90. The van der Waals surface area contributed by atoms with Crippen molar-refractivity contribution in [2.24, 2.45) is 0 Å². The Bertz CT molecular complexity index is 1790. The van der Waals surface area contributed by atoms with Crippen molar-refractivity contribution < 1.29 is 37.0 Å². The van der Waals surface area contributed by atoms with Gasteiger partial charge in [-0.15, -0.1) is 6.42 Å². The number of rotatable bonds is 19. The highest BCUT2D eigenvalue weighted by Crippen LogP contribution is 2.48. The topological polar surface area (TPSA) is 155 Å². The molecule has 0 aromatic carbocycles. The van der Waals surface area contributed by atoms with E-state index in [-0.39, 0.29) is 48.9 Å². The summed E-state index contributed by atoms with van der Waals surface area (Å²) in [5.74, 6) is 2.88. The smallest absolute Gasteiger partial charge is 0.238 e. The molecule has 0 saturated carbocycles. The zero-order valence-electron chi connectivity index (χ0n) is 28.2. The van der Waals surface area contributed by atoms with E-state index in [4.69, 9.17) is 42.0 Å². The predicted molar refractivity (Wildman–Crippen MR) is 187 cm³/mol. The van der Waals surface area contributed by atoms with Crippen LogP contribution in [0.5, 0.6) is 0 Å². The van der Waals surface area contributed by atoms with E-state index >= 15 is 0 Å². The van der Waals surface area contributed by atoms with Crippen LogP contribution in [-0.4, -0.2) is 123 Å². The fraction of sp³-hybridized carbons (Fsp3) is 0.559. The number of sulfone groups is 1. The van der Waals surface area contributed by atoms with Crippen molar-refractivity contribution in [1.29, 1.82) is 0 Å². The molecule has 5 heterocycles. The molecule has 0 bridgehead atoms. The number of carbonyl (C=O) groups is 2. The number of ether oxygens (including phenoxy) is 4. The Morgan fingerprint density at radius 2 is 1.68 bits per heavy atom. The van der Waals surface area contributed by atoms with Gasteiger partial charge in [-0.05, 0) is 43.0 Å². The molecule has 0 atom stereocenters. The molecule has 0 aliphatic carbocycles. The van der Waals surface area contributed by atoms with Gasteiger partial charge in [-0.25, -0.2) is 18.4 Å². The molecular weight excluding hydrogens is 688 g/mol. The van der Waals surface area contributed by atoms with E-state index in [9.17, 15) is 18.0 Å². The Morgan fingerprint density at radius 3 is 2.36 bits per heavy atom. The summed E-state index contributed by atoms with van der Waals surface area (Å²) >= 11 is 6.16. The standard InChI is InChI=1S/C34H43ClN6O8S/c1-3-15-46-17-19-48-21-22-49-20-18-47-16-8-31(42)39-13-9-34(10-14-39)26-7-11-36-24-28(26)41(33(34)43)25-30-38-32-27(5-6-29(35)37-32)40(30)12-4-23-50(2,44)45/h1,5-7,11,24H,4,8-10,12-23,25H2,2H3. The number of carbonyl (C=O) groups excluding carboxylic acids is 2. The summed E-state index contributed by atoms with van der Waals surface area (Å²) in [6, 6.07) is 5.35. The normalized spacial score (nSPS) is 15.6. The number of nitrogens with zero attached hydrogens (tertiary/aromatic N) is 6. The molecule has 0 radical (unpaired) electrons. The lowest BCUT2D eigenvalue weighted by atomic mass is 9.74. The van der Waals surface area contributed by atoms with Gasteiger partial charge in [0.25, 0.3) is 0 Å². The van der Waals surface area contributed by atoms with E-state index < -0.39 is 15.3 Å². The Kier molecular flexibility index (Phi) is 13.2. The summed E-state index contributed by atoms with van der Waals surface area (Å²) in [7, 11) is -3.16. The molecule has 5 rings (SSSR count). The van der Waals surface area contributed by atoms with Crippen molar-refractivity contribution in [1.82, 2.24) is 24.4 Å². The lowest BCUT2D eigenvalue weighted by Gasteiger charge is -2.38. The molecule has 3 aromatic rings. The fourth-order valence-corrected chi connectivity index (χ4v) is 7.20. The molecule has 0 unspecified atom stereocenters. The summed E-state index contributed by atoms with van der Waals surface area (Å²) in [5.41, 5.74) is 1.92. The molecule has 50 heavy (non-hydrogen) atoms. The quantitative estimate of drug-likeness (QED) is 0.101. The Morgan fingerprint density at radius 1 is 1.00 bits per heavy atom. The van der Waals surface area contributed by atoms with Gasteiger partial charge in [-0.1, -0.05) is 17.5 Å². The molecule has 1 fully saturated rings. The second-order valence-electron chi connectivity index (χ2n) is 12.2. The minimum absolute atomic E-state index is 0.0173. The Hall–Kier alpha value is -3.65. The lowest BCUT2D eigenvalue weighted by molar-refractivity contribution is -0.136. The van der Waals surface area contributed by atoms with Crippen LogP contribution in [0.15, 0.2) is 30.6 Å². The van der Waals surface area contributed by atoms with E-state index in [0.29, 0.717) is 101 Å². The van der Waals surface area contributed by atoms with Crippen molar-refractivity contribution in [2.75, 3.05) is 82.9 Å². The summed E-state index contributed by atoms with van der Waals surface area (Å²) in [6.07, 6.45) is 11.3. The first-order valence-electron chi connectivity index (χ1n) is 16.6. The van der Waals surface area contributed by atoms with Crippen LogP contribution >= 0.6 is 11.6 Å². The number of hydrogen-bond acceptors (Lipinski definition) is 11. The number of likely N-dealkylation sites (tertiary alicyclic amines) is 1. The van der Waals surface area contributed by atoms with Crippen LogP contribution < -0.4 is 4.90 Å². The number of halogens is 1. The van der Waals surface area contributed by atoms with Gasteiger partial charge in [0.15, 0.2) is 5.65 Å². The molecule has 1 saturated heterocycles. The van der Waals surface area contributed by atoms with Gasteiger partial charge < -0.3 is 33.3 Å². The fourth-order valence-electron chi connectivity index (χ4n) is 6.40. The number of piperidine rings is 1. The monoisotopic (exact) mass is 730 g/mol. The minimum Gasteiger partial charge on any atom is -0.379 e. The molecule has 270 valence electrons. The van der Waals surface area contributed by atoms with Crippen molar-refractivity contribution in [2.45, 2.75) is 44.2 Å². The number of aromatic nitrogens is 4. The first-order chi connectivity index (χ1) is 24.1. The zero-order chi connectivity index (χ0) is 35.6. The van der Waals surface area contributed by atoms with Gasteiger partial charge in [0.05, 0.1) is 87.8 Å². The lowest BCUT2D eigenvalue weighted by Crippen LogP contribution is -2.50. The first kappa shape index (κ1) is 37.6. The molecule has 1 spiro atoms. The van der Waals surface area contributed by atoms with Crippen molar-refractivity contribution in [3.05, 3.63) is 47.1 Å². The molecule has 16 heteroatoms. The average Bonchev–Trinajstić information content (AvgIpc) is 3.54. The zero-order valence-corrected chi connectivity index (χ0v) is 29.8. The number of imidazole rings is 1. The number of anilines is 1. The number of hydrogen-bond donors (Lipinski definition) is 0. The van der Waals surface area contributed by atoms with Crippen molar-refractivity contribution in [3.63, 3.8) is 0 Å². The van der Waals surface area contributed by atoms with Gasteiger partial charge in [-0.2, -0.15) is 0 Å². The van der Waals surface area contributed by atoms with Crippen LogP contribution in [0, 0.1) is 12.3 Å². The SMILES string of the molecule is C#CCOCCOCCOCCOCCC(=O)N1CCC2(CC1)C(=O)N(Cc1nc3nc(Cl)ccc3n1CCCS(C)(=O)=O)c1cnccc12. The maximum atomic E-state index is 14.3. The highest BCUT2D eigenvalue weighted by atomic mass is 35.5. The third-order valence-electron chi connectivity index (χ3n) is 8.85. The van der Waals surface area contributed by atoms with Crippen LogP contribution in [0.3, 0.4) is 0 Å². The van der Waals surface area contributed by atoms with E-state index in [1.54, 1.807) is 34.3 Å². The average molecular weight is 731 g/mol. The van der Waals surface area contributed by atoms with Gasteiger partial charge in [0.1, 0.15) is 27.4 Å². The van der Waals surface area contributed by atoms with E-state index in [0.717, 1.165) is 5.56 Å². The number of amides is 2. The van der Waals surface area contributed by atoms with E-state index in [1.807, 2.05) is 10.6 Å². The second-order valence-corrected chi connectivity index (χ2v) is 14.9. The van der Waals surface area contributed by atoms with Gasteiger partial charge in [-0.3, -0.25) is 14.6 Å². The van der Waals surface area contributed by atoms with Crippen LogP contribution in [0.1, 0.15) is 37.1 Å². The molecule has 2 aliphatic rings. The van der Waals surface area contributed by atoms with Gasteiger partial charge in [0.2, 0.25) is 11.8 Å². The largest absolute Gasteiger partial charge is 0.379 e.